The molecule has 20 heavy (non-hydrogen) atoms. The number of carbonyl (C=O) groups excluding carboxylic acids is 1. The number of hydrogen-bond acceptors (Lipinski definition) is 2. The summed E-state index contributed by atoms with van der Waals surface area (Å²) in [5.41, 5.74) is 1.11. The molecule has 5 heteroatoms. The van der Waals surface area contributed by atoms with Crippen LogP contribution in [0.4, 0.5) is 0 Å². The number of methoxy groups -OCH3 is 1. The van der Waals surface area contributed by atoms with Crippen molar-refractivity contribution >= 4 is 40.7 Å². The molecule has 0 spiro atoms. The van der Waals surface area contributed by atoms with Crippen LogP contribution in [0.1, 0.15) is 13.9 Å². The average Bonchev–Trinajstić information content (AvgIpc) is 2.40. The van der Waals surface area contributed by atoms with Crippen molar-refractivity contribution in [1.29, 1.82) is 0 Å². The zero-order valence-electron chi connectivity index (χ0n) is 12.1. The number of amides is 1. The first-order valence-corrected chi connectivity index (χ1v) is 6.37. The Bertz CT molecular complexity index is 634. The molecule has 0 radical (unpaired) electrons. The molecule has 3 nitrogen and oxygen atoms in total. The van der Waals surface area contributed by atoms with Gasteiger partial charge >= 0.3 is 0 Å². The van der Waals surface area contributed by atoms with E-state index in [4.69, 9.17) is 17.7 Å². The van der Waals surface area contributed by atoms with Crippen LogP contribution in [-0.2, 0) is 11.2 Å². The molecule has 0 aliphatic rings. The normalized spacial score (nSPS) is 10.6. The Morgan fingerprint density at radius 1 is 1.45 bits per heavy atom. The molecule has 0 bridgehead atoms. The Morgan fingerprint density at radius 3 is 2.95 bits per heavy atom. The van der Waals surface area contributed by atoms with Crippen molar-refractivity contribution in [3.63, 3.8) is 0 Å². The van der Waals surface area contributed by atoms with Crippen LogP contribution < -0.4 is 10.1 Å². The van der Waals surface area contributed by atoms with E-state index in [1.165, 1.54) is 6.92 Å². The highest BCUT2D eigenvalue weighted by Gasteiger charge is 2.07. The van der Waals surface area contributed by atoms with Gasteiger partial charge in [0.1, 0.15) is 5.75 Å². The third-order valence-electron chi connectivity index (χ3n) is 2.95. The first kappa shape index (κ1) is 14.9. The number of rotatable bonds is 4. The Labute approximate surface area is 131 Å². The van der Waals surface area contributed by atoms with E-state index >= 15 is 0 Å². The van der Waals surface area contributed by atoms with Crippen molar-refractivity contribution in [2.75, 3.05) is 13.6 Å². The second-order valence-corrected chi connectivity index (χ2v) is 4.71. The molecule has 0 saturated carbocycles. The summed E-state index contributed by atoms with van der Waals surface area (Å²) in [7, 11) is -0.167. The van der Waals surface area contributed by atoms with Gasteiger partial charge in [-0.1, -0.05) is 29.8 Å². The fourth-order valence-corrected chi connectivity index (χ4v) is 2.27. The standard InChI is InChI=1S/C15H16ClNO2.ClH/c1-10(18)17-7-6-11-4-3-5-12-8-14(16)15(19-2)9-13(11)12;/h3-5,8-9H,6-7H2,1-2H3,(H,17,18);1H/i2D;. The number of benzene rings is 2. The maximum Gasteiger partial charge on any atom is 0.216 e. The van der Waals surface area contributed by atoms with Gasteiger partial charge in [-0.25, -0.2) is 0 Å². The van der Waals surface area contributed by atoms with Crippen LogP contribution in [0.3, 0.4) is 0 Å². The third-order valence-corrected chi connectivity index (χ3v) is 3.24. The van der Waals surface area contributed by atoms with E-state index in [1.807, 2.05) is 30.3 Å². The highest BCUT2D eigenvalue weighted by Crippen LogP contribution is 2.31. The van der Waals surface area contributed by atoms with Crippen molar-refractivity contribution in [3.05, 3.63) is 40.9 Å². The lowest BCUT2D eigenvalue weighted by atomic mass is 10.0. The van der Waals surface area contributed by atoms with E-state index in [1.54, 1.807) is 0 Å². The molecule has 2 aromatic rings. The van der Waals surface area contributed by atoms with Gasteiger partial charge in [0, 0.05) is 13.5 Å². The highest BCUT2D eigenvalue weighted by molar-refractivity contribution is 6.32. The average molecular weight is 315 g/mol. The predicted molar refractivity (Wildman–Crippen MR) is 85.1 cm³/mol. The van der Waals surface area contributed by atoms with Gasteiger partial charge in [0.2, 0.25) is 5.91 Å². The summed E-state index contributed by atoms with van der Waals surface area (Å²) in [4.78, 5) is 10.9. The molecule has 0 unspecified atom stereocenters. The summed E-state index contributed by atoms with van der Waals surface area (Å²) < 4.78 is 12.3. The zero-order valence-corrected chi connectivity index (χ0v) is 12.7. The lowest BCUT2D eigenvalue weighted by Gasteiger charge is -2.10. The molecule has 0 atom stereocenters. The van der Waals surface area contributed by atoms with Crippen LogP contribution in [0.2, 0.25) is 5.02 Å². The largest absolute Gasteiger partial charge is 0.495 e. The summed E-state index contributed by atoms with van der Waals surface area (Å²) in [6.07, 6.45) is 0.735. The molecule has 0 heterocycles. The molecule has 2 aromatic carbocycles. The summed E-state index contributed by atoms with van der Waals surface area (Å²) in [6.45, 7) is 2.09. The van der Waals surface area contributed by atoms with Crippen molar-refractivity contribution < 1.29 is 10.9 Å². The lowest BCUT2D eigenvalue weighted by molar-refractivity contribution is -0.118. The fraction of sp³-hybridized carbons (Fsp3) is 0.267. The molecule has 0 aliphatic carbocycles. The SMILES string of the molecule is Cl.[2H]COc1cc2c(CCNC(C)=O)cccc2cc1Cl. The maximum absolute atomic E-state index is 10.9. The van der Waals surface area contributed by atoms with Crippen LogP contribution in [0, 0.1) is 0 Å². The number of halogens is 2. The minimum absolute atomic E-state index is 0. The van der Waals surface area contributed by atoms with E-state index in [9.17, 15) is 4.79 Å². The number of hydrogen-bond donors (Lipinski definition) is 1. The van der Waals surface area contributed by atoms with E-state index < -0.39 is 0 Å². The van der Waals surface area contributed by atoms with Gasteiger partial charge in [0.15, 0.2) is 0 Å². The van der Waals surface area contributed by atoms with Crippen molar-refractivity contribution in [1.82, 2.24) is 5.32 Å². The van der Waals surface area contributed by atoms with Gasteiger partial charge in [0.25, 0.3) is 0 Å². The summed E-state index contributed by atoms with van der Waals surface area (Å²) in [6, 6.07) is 9.65. The summed E-state index contributed by atoms with van der Waals surface area (Å²) in [5.74, 6) is 0.479. The lowest BCUT2D eigenvalue weighted by Crippen LogP contribution is -2.22. The highest BCUT2D eigenvalue weighted by atomic mass is 35.5. The van der Waals surface area contributed by atoms with Gasteiger partial charge in [-0.3, -0.25) is 4.79 Å². The van der Waals surface area contributed by atoms with E-state index in [0.717, 1.165) is 22.8 Å². The van der Waals surface area contributed by atoms with Crippen molar-refractivity contribution in [2.24, 2.45) is 0 Å². The first-order chi connectivity index (χ1) is 9.61. The number of ether oxygens (including phenoxy) is 1. The van der Waals surface area contributed by atoms with Crippen LogP contribution in [0.15, 0.2) is 30.3 Å². The van der Waals surface area contributed by atoms with Gasteiger partial charge in [-0.05, 0) is 34.9 Å². The fourth-order valence-electron chi connectivity index (χ4n) is 2.04. The smallest absolute Gasteiger partial charge is 0.216 e. The molecule has 2 rings (SSSR count). The maximum atomic E-state index is 10.9. The quantitative estimate of drug-likeness (QED) is 0.936. The van der Waals surface area contributed by atoms with E-state index in [-0.39, 0.29) is 25.4 Å². The molecule has 0 aliphatic heterocycles. The Balaban J connectivity index is 0.00000220. The molecule has 108 valence electrons. The number of carbonyl (C=O) groups is 1. The number of fused-ring (bicyclic) bond motifs is 1. The molecule has 1 N–H and O–H groups in total. The van der Waals surface area contributed by atoms with Gasteiger partial charge in [-0.15, -0.1) is 12.4 Å². The monoisotopic (exact) mass is 314 g/mol. The molecule has 0 fully saturated rings. The minimum Gasteiger partial charge on any atom is -0.495 e. The molecule has 1 amide bonds. The van der Waals surface area contributed by atoms with E-state index in [0.29, 0.717) is 17.3 Å². The van der Waals surface area contributed by atoms with Crippen LogP contribution >= 0.6 is 24.0 Å². The van der Waals surface area contributed by atoms with Crippen molar-refractivity contribution in [2.45, 2.75) is 13.3 Å². The van der Waals surface area contributed by atoms with E-state index in [2.05, 4.69) is 5.32 Å². The van der Waals surface area contributed by atoms with Gasteiger partial charge in [0.05, 0.1) is 13.5 Å². The zero-order chi connectivity index (χ0) is 14.5. The van der Waals surface area contributed by atoms with Gasteiger partial charge in [-0.2, -0.15) is 0 Å². The Kier molecular flexibility index (Phi) is 5.50. The minimum atomic E-state index is -0.167. The Hall–Kier alpha value is -1.45. The van der Waals surface area contributed by atoms with Crippen molar-refractivity contribution in [3.8, 4) is 5.75 Å². The number of nitrogens with one attached hydrogen (secondary N) is 1. The molecule has 0 saturated heterocycles. The predicted octanol–water partition coefficient (Wildman–Crippen LogP) is 3.60. The summed E-state index contributed by atoms with van der Waals surface area (Å²) in [5, 5.41) is 5.34. The second kappa shape index (κ2) is 7.36. The third kappa shape index (κ3) is 3.78. The molecule has 0 aromatic heterocycles. The topological polar surface area (TPSA) is 38.3 Å². The molecular weight excluding hydrogens is 297 g/mol. The van der Waals surface area contributed by atoms with Crippen LogP contribution in [0.25, 0.3) is 10.8 Å². The van der Waals surface area contributed by atoms with Crippen LogP contribution in [-0.4, -0.2) is 19.5 Å². The second-order valence-electron chi connectivity index (χ2n) is 4.30. The summed E-state index contributed by atoms with van der Waals surface area (Å²) >= 11 is 6.11. The first-order valence-electron chi connectivity index (χ1n) is 6.70. The Morgan fingerprint density at radius 2 is 2.25 bits per heavy atom. The van der Waals surface area contributed by atoms with Gasteiger partial charge < -0.3 is 10.1 Å². The van der Waals surface area contributed by atoms with Crippen LogP contribution in [0.5, 0.6) is 5.75 Å². The molecular formula is C15H17Cl2NO2.